The van der Waals surface area contributed by atoms with E-state index < -0.39 is 0 Å². The van der Waals surface area contributed by atoms with Gasteiger partial charge in [-0.2, -0.15) is 0 Å². The van der Waals surface area contributed by atoms with Gasteiger partial charge in [0.2, 0.25) is 0 Å². The summed E-state index contributed by atoms with van der Waals surface area (Å²) in [6.07, 6.45) is 7.02. The zero-order chi connectivity index (χ0) is 14.3. The first-order valence-electron chi connectivity index (χ1n) is 7.40. The molecule has 20 heavy (non-hydrogen) atoms. The normalized spacial score (nSPS) is 15.2. The molecule has 3 rings (SSSR count). The third-order valence-electron chi connectivity index (χ3n) is 4.16. The first-order valence-corrected chi connectivity index (χ1v) is 7.81. The lowest BCUT2D eigenvalue weighted by molar-refractivity contribution is 0.554. The quantitative estimate of drug-likeness (QED) is 0.753. The van der Waals surface area contributed by atoms with E-state index in [4.69, 9.17) is 12.2 Å². The molecule has 106 valence electrons. The molecule has 2 aromatic rings. The Balaban J connectivity index is 2.25. The Morgan fingerprint density at radius 1 is 1.15 bits per heavy atom. The summed E-state index contributed by atoms with van der Waals surface area (Å²) >= 11 is 5.54. The maximum Gasteiger partial charge on any atom is 0.182 e. The van der Waals surface area contributed by atoms with E-state index in [1.165, 1.54) is 48.2 Å². The fourth-order valence-electron chi connectivity index (χ4n) is 3.13. The first-order chi connectivity index (χ1) is 9.48. The molecule has 1 heterocycles. The molecule has 0 spiro atoms. The molecule has 0 bridgehead atoms. The third-order valence-corrected chi connectivity index (χ3v) is 4.46. The summed E-state index contributed by atoms with van der Waals surface area (Å²) in [5.41, 5.74) is 5.59. The van der Waals surface area contributed by atoms with E-state index in [1.807, 2.05) is 0 Å². The van der Waals surface area contributed by atoms with Crippen molar-refractivity contribution in [3.8, 4) is 5.69 Å². The molecule has 1 aromatic heterocycles. The summed E-state index contributed by atoms with van der Waals surface area (Å²) in [5.74, 6) is 0. The molecule has 2 nitrogen and oxygen atoms in total. The van der Waals surface area contributed by atoms with Crippen LogP contribution >= 0.6 is 12.2 Å². The van der Waals surface area contributed by atoms with Crippen molar-refractivity contribution in [2.45, 2.75) is 51.9 Å². The Morgan fingerprint density at radius 3 is 2.65 bits per heavy atom. The van der Waals surface area contributed by atoms with Crippen molar-refractivity contribution in [2.24, 2.45) is 0 Å². The minimum Gasteiger partial charge on any atom is -0.337 e. The van der Waals surface area contributed by atoms with Crippen LogP contribution < -0.4 is 0 Å². The molecule has 0 saturated heterocycles. The molecule has 1 aliphatic carbocycles. The van der Waals surface area contributed by atoms with Crippen LogP contribution in [0.1, 0.15) is 50.4 Å². The van der Waals surface area contributed by atoms with E-state index >= 15 is 0 Å². The molecular formula is C17H22N2S. The molecular weight excluding hydrogens is 264 g/mol. The second kappa shape index (κ2) is 4.88. The van der Waals surface area contributed by atoms with Crippen molar-refractivity contribution in [3.05, 3.63) is 46.0 Å². The van der Waals surface area contributed by atoms with Gasteiger partial charge >= 0.3 is 0 Å². The second-order valence-corrected chi connectivity index (χ2v) is 7.07. The van der Waals surface area contributed by atoms with Gasteiger partial charge in [0.15, 0.2) is 4.77 Å². The molecule has 0 fully saturated rings. The minimum absolute atomic E-state index is 0.0744. The fourth-order valence-corrected chi connectivity index (χ4v) is 3.39. The van der Waals surface area contributed by atoms with Crippen LogP contribution in [-0.4, -0.2) is 9.55 Å². The number of hydrogen-bond donors (Lipinski definition) is 1. The van der Waals surface area contributed by atoms with E-state index in [1.54, 1.807) is 0 Å². The average Bonchev–Trinajstić information content (AvgIpc) is 2.80. The van der Waals surface area contributed by atoms with Crippen LogP contribution in [0.25, 0.3) is 5.69 Å². The van der Waals surface area contributed by atoms with E-state index in [0.29, 0.717) is 0 Å². The predicted octanol–water partition coefficient (Wildman–Crippen LogP) is 4.71. The number of nitrogens with zero attached hydrogens (tertiary/aromatic N) is 1. The Labute approximate surface area is 125 Å². The molecule has 1 aliphatic rings. The van der Waals surface area contributed by atoms with Crippen LogP contribution in [0.2, 0.25) is 0 Å². The number of imidazole rings is 1. The zero-order valence-corrected chi connectivity index (χ0v) is 13.3. The van der Waals surface area contributed by atoms with Gasteiger partial charge in [0.1, 0.15) is 0 Å². The lowest BCUT2D eigenvalue weighted by Gasteiger charge is -2.25. The zero-order valence-electron chi connectivity index (χ0n) is 12.5. The number of H-pyrrole nitrogens is 1. The van der Waals surface area contributed by atoms with Crippen molar-refractivity contribution in [1.29, 1.82) is 0 Å². The highest BCUT2D eigenvalue weighted by Crippen LogP contribution is 2.31. The smallest absolute Gasteiger partial charge is 0.182 e. The maximum atomic E-state index is 5.54. The number of aryl methyl sites for hydroxylation is 1. The van der Waals surface area contributed by atoms with Crippen molar-refractivity contribution < 1.29 is 0 Å². The van der Waals surface area contributed by atoms with Gasteiger partial charge in [-0.1, -0.05) is 32.9 Å². The molecule has 0 amide bonds. The molecule has 1 N–H and O–H groups in total. The minimum atomic E-state index is 0.0744. The van der Waals surface area contributed by atoms with Gasteiger partial charge < -0.3 is 4.98 Å². The number of hydrogen-bond acceptors (Lipinski definition) is 1. The van der Waals surface area contributed by atoms with Crippen molar-refractivity contribution in [2.75, 3.05) is 0 Å². The van der Waals surface area contributed by atoms with Crippen LogP contribution in [0.15, 0.2) is 24.4 Å². The standard InChI is InChI=1S/C17H22N2S/c1-17(2,3)15-11-18-16(20)19(15)14-10-6-8-12-7-4-5-9-13(12)14/h6,8,10-11H,4-5,7,9H2,1-3H3,(H,18,20). The van der Waals surface area contributed by atoms with Crippen LogP contribution in [0.3, 0.4) is 0 Å². The lowest BCUT2D eigenvalue weighted by atomic mass is 9.89. The molecule has 3 heteroatoms. The van der Waals surface area contributed by atoms with Gasteiger partial charge in [-0.3, -0.25) is 4.57 Å². The summed E-state index contributed by atoms with van der Waals surface area (Å²) < 4.78 is 3.04. The number of benzene rings is 1. The maximum absolute atomic E-state index is 5.54. The molecule has 0 unspecified atom stereocenters. The lowest BCUT2D eigenvalue weighted by Crippen LogP contribution is -2.18. The molecule has 0 atom stereocenters. The Bertz CT molecular complexity index is 686. The van der Waals surface area contributed by atoms with Gasteiger partial charge in [0, 0.05) is 17.3 Å². The number of rotatable bonds is 1. The topological polar surface area (TPSA) is 20.7 Å². The van der Waals surface area contributed by atoms with Crippen molar-refractivity contribution in [1.82, 2.24) is 9.55 Å². The monoisotopic (exact) mass is 286 g/mol. The van der Waals surface area contributed by atoms with Crippen LogP contribution in [0, 0.1) is 4.77 Å². The number of aromatic nitrogens is 2. The van der Waals surface area contributed by atoms with Crippen molar-refractivity contribution in [3.63, 3.8) is 0 Å². The van der Waals surface area contributed by atoms with Gasteiger partial charge in [-0.25, -0.2) is 0 Å². The van der Waals surface area contributed by atoms with E-state index in [2.05, 4.69) is 54.7 Å². The Morgan fingerprint density at radius 2 is 1.90 bits per heavy atom. The highest BCUT2D eigenvalue weighted by atomic mass is 32.1. The highest BCUT2D eigenvalue weighted by molar-refractivity contribution is 7.71. The average molecular weight is 286 g/mol. The van der Waals surface area contributed by atoms with Gasteiger partial charge in [0.25, 0.3) is 0 Å². The summed E-state index contributed by atoms with van der Waals surface area (Å²) in [4.78, 5) is 3.23. The van der Waals surface area contributed by atoms with Gasteiger partial charge in [0.05, 0.1) is 5.69 Å². The third kappa shape index (κ3) is 2.24. The van der Waals surface area contributed by atoms with Gasteiger partial charge in [-0.15, -0.1) is 0 Å². The predicted molar refractivity (Wildman–Crippen MR) is 86.3 cm³/mol. The molecule has 0 radical (unpaired) electrons. The molecule has 0 saturated carbocycles. The number of fused-ring (bicyclic) bond motifs is 1. The van der Waals surface area contributed by atoms with Crippen LogP contribution in [-0.2, 0) is 18.3 Å². The largest absolute Gasteiger partial charge is 0.337 e. The van der Waals surface area contributed by atoms with Crippen LogP contribution in [0.5, 0.6) is 0 Å². The van der Waals surface area contributed by atoms with E-state index in [-0.39, 0.29) is 5.41 Å². The fraction of sp³-hybridized carbons (Fsp3) is 0.471. The van der Waals surface area contributed by atoms with Crippen molar-refractivity contribution >= 4 is 12.2 Å². The Kier molecular flexibility index (Phi) is 3.33. The summed E-state index contributed by atoms with van der Waals surface area (Å²) in [6.45, 7) is 6.70. The summed E-state index contributed by atoms with van der Waals surface area (Å²) in [7, 11) is 0. The number of nitrogens with one attached hydrogen (secondary N) is 1. The Hall–Kier alpha value is -1.35. The summed E-state index contributed by atoms with van der Waals surface area (Å²) in [6, 6.07) is 6.65. The van der Waals surface area contributed by atoms with E-state index in [9.17, 15) is 0 Å². The molecule has 0 aliphatic heterocycles. The SMILES string of the molecule is CC(C)(C)c1c[nH]c(=S)n1-c1cccc2c1CCCC2. The molecule has 1 aromatic carbocycles. The van der Waals surface area contributed by atoms with Crippen LogP contribution in [0.4, 0.5) is 0 Å². The number of aromatic amines is 1. The van der Waals surface area contributed by atoms with Gasteiger partial charge in [-0.05, 0) is 55.1 Å². The van der Waals surface area contributed by atoms with E-state index in [0.717, 1.165) is 4.77 Å². The summed E-state index contributed by atoms with van der Waals surface area (Å²) in [5, 5.41) is 0. The highest BCUT2D eigenvalue weighted by Gasteiger charge is 2.22. The first kappa shape index (κ1) is 13.6. The second-order valence-electron chi connectivity index (χ2n) is 6.69.